The molecule has 2 amide bonds. The van der Waals surface area contributed by atoms with Crippen molar-refractivity contribution < 1.29 is 14.7 Å². The van der Waals surface area contributed by atoms with Crippen LogP contribution in [0.5, 0.6) is 0 Å². The standard InChI is InChI=1S/C29H41N7O3/c1-33-12-14-35(15-13-33)26-17-24(31-28(30)32-26)22-9-8-20-10-11-36(19-23(20)16-22)27(37)18-25(34(2)29(38)39)21-6-4-3-5-7-21/h8-9,16-17,21,25H,3-7,10-15,18-19H2,1-2H3,(H,38,39)(H2,30,31,32). The molecule has 210 valence electrons. The van der Waals surface area contributed by atoms with Gasteiger partial charge in [-0.1, -0.05) is 31.4 Å². The highest BCUT2D eigenvalue weighted by Crippen LogP contribution is 2.32. The molecule has 2 aromatic rings. The van der Waals surface area contributed by atoms with Crippen LogP contribution in [-0.2, 0) is 17.8 Å². The van der Waals surface area contributed by atoms with Crippen LogP contribution in [0, 0.1) is 5.92 Å². The fourth-order valence-corrected chi connectivity index (χ4v) is 6.32. The smallest absolute Gasteiger partial charge is 0.407 e. The first-order valence-corrected chi connectivity index (χ1v) is 14.2. The van der Waals surface area contributed by atoms with Crippen LogP contribution in [0.25, 0.3) is 11.3 Å². The summed E-state index contributed by atoms with van der Waals surface area (Å²) in [5, 5.41) is 9.69. The number of nitrogens with zero attached hydrogens (tertiary/aromatic N) is 6. The van der Waals surface area contributed by atoms with E-state index in [2.05, 4.69) is 45.0 Å². The zero-order valence-electron chi connectivity index (χ0n) is 23.2. The van der Waals surface area contributed by atoms with Crippen molar-refractivity contribution in [2.24, 2.45) is 5.92 Å². The fourth-order valence-electron chi connectivity index (χ4n) is 6.32. The maximum atomic E-state index is 13.5. The lowest BCUT2D eigenvalue weighted by Gasteiger charge is -2.37. The molecule has 10 heteroatoms. The second kappa shape index (κ2) is 11.8. The molecule has 3 aliphatic rings. The number of nitrogen functional groups attached to an aromatic ring is 1. The first-order valence-electron chi connectivity index (χ1n) is 14.2. The number of anilines is 2. The third-order valence-corrected chi connectivity index (χ3v) is 8.80. The Morgan fingerprint density at radius 1 is 1.05 bits per heavy atom. The van der Waals surface area contributed by atoms with E-state index in [1.165, 1.54) is 16.9 Å². The topological polar surface area (TPSA) is 119 Å². The predicted molar refractivity (Wildman–Crippen MR) is 151 cm³/mol. The van der Waals surface area contributed by atoms with Crippen molar-refractivity contribution in [3.05, 3.63) is 35.4 Å². The summed E-state index contributed by atoms with van der Waals surface area (Å²) < 4.78 is 0. The molecule has 10 nitrogen and oxygen atoms in total. The van der Waals surface area contributed by atoms with Gasteiger partial charge in [-0.3, -0.25) is 4.79 Å². The average molecular weight is 536 g/mol. The van der Waals surface area contributed by atoms with Gasteiger partial charge in [0, 0.05) is 70.4 Å². The number of carbonyl (C=O) groups excluding carboxylic acids is 1. The zero-order valence-corrected chi connectivity index (χ0v) is 23.2. The van der Waals surface area contributed by atoms with Crippen molar-refractivity contribution in [3.8, 4) is 11.3 Å². The summed E-state index contributed by atoms with van der Waals surface area (Å²) in [6, 6.07) is 8.05. The fraction of sp³-hybridized carbons (Fsp3) is 0.586. The summed E-state index contributed by atoms with van der Waals surface area (Å²) in [5.41, 5.74) is 10.2. The number of piperazine rings is 1. The minimum atomic E-state index is -0.966. The Bertz CT molecular complexity index is 1190. The number of nitrogens with two attached hydrogens (primary N) is 1. The maximum Gasteiger partial charge on any atom is 0.407 e. The molecule has 1 saturated carbocycles. The summed E-state index contributed by atoms with van der Waals surface area (Å²) in [6.45, 7) is 4.91. The highest BCUT2D eigenvalue weighted by molar-refractivity contribution is 5.78. The van der Waals surface area contributed by atoms with E-state index in [-0.39, 0.29) is 30.2 Å². The lowest BCUT2D eigenvalue weighted by molar-refractivity contribution is -0.133. The lowest BCUT2D eigenvalue weighted by Crippen LogP contribution is -2.46. The van der Waals surface area contributed by atoms with Crippen LogP contribution >= 0.6 is 0 Å². The van der Waals surface area contributed by atoms with Gasteiger partial charge in [0.15, 0.2) is 0 Å². The van der Waals surface area contributed by atoms with Crippen molar-refractivity contribution in [2.45, 2.75) is 57.5 Å². The van der Waals surface area contributed by atoms with Gasteiger partial charge in [-0.15, -0.1) is 0 Å². The number of hydrogen-bond acceptors (Lipinski definition) is 7. The van der Waals surface area contributed by atoms with Crippen LogP contribution < -0.4 is 10.6 Å². The minimum Gasteiger partial charge on any atom is -0.465 e. The monoisotopic (exact) mass is 535 g/mol. The molecule has 2 fully saturated rings. The normalized spacial score (nSPS) is 19.4. The summed E-state index contributed by atoms with van der Waals surface area (Å²) in [6.07, 6.45) is 5.42. The Labute approximate surface area is 230 Å². The van der Waals surface area contributed by atoms with Crippen LogP contribution in [0.4, 0.5) is 16.6 Å². The number of carbonyl (C=O) groups is 2. The van der Waals surface area contributed by atoms with E-state index in [4.69, 9.17) is 5.73 Å². The van der Waals surface area contributed by atoms with Crippen molar-refractivity contribution in [2.75, 3.05) is 57.5 Å². The highest BCUT2D eigenvalue weighted by atomic mass is 16.4. The summed E-state index contributed by atoms with van der Waals surface area (Å²) in [5.74, 6) is 1.37. The third-order valence-electron chi connectivity index (χ3n) is 8.80. The SMILES string of the molecule is CN1CCN(c2cc(-c3ccc4c(c3)CN(C(=O)CC(C3CCCCC3)N(C)C(=O)O)CC4)nc(N)n2)CC1. The first-order chi connectivity index (χ1) is 18.8. The minimum absolute atomic E-state index is 0.0263. The second-order valence-electron chi connectivity index (χ2n) is 11.4. The molecule has 39 heavy (non-hydrogen) atoms. The quantitative estimate of drug-likeness (QED) is 0.578. The molecule has 1 aromatic heterocycles. The van der Waals surface area contributed by atoms with E-state index < -0.39 is 6.09 Å². The number of amides is 2. The van der Waals surface area contributed by atoms with Gasteiger partial charge in [-0.05, 0) is 49.4 Å². The predicted octanol–water partition coefficient (Wildman–Crippen LogP) is 3.31. The maximum absolute atomic E-state index is 13.5. The average Bonchev–Trinajstić information content (AvgIpc) is 2.95. The molecule has 0 radical (unpaired) electrons. The number of benzene rings is 1. The van der Waals surface area contributed by atoms with Gasteiger partial charge in [-0.25, -0.2) is 9.78 Å². The van der Waals surface area contributed by atoms with E-state index in [1.54, 1.807) is 7.05 Å². The third kappa shape index (κ3) is 6.27. The molecule has 1 aliphatic carbocycles. The largest absolute Gasteiger partial charge is 0.465 e. The number of fused-ring (bicyclic) bond motifs is 1. The van der Waals surface area contributed by atoms with Gasteiger partial charge >= 0.3 is 6.09 Å². The molecule has 2 aliphatic heterocycles. The summed E-state index contributed by atoms with van der Waals surface area (Å²) in [7, 11) is 3.73. The number of aromatic nitrogens is 2. The molecule has 5 rings (SSSR count). The Morgan fingerprint density at radius 2 is 1.79 bits per heavy atom. The number of hydrogen-bond donors (Lipinski definition) is 2. The first kappa shape index (κ1) is 27.2. The van der Waals surface area contributed by atoms with Gasteiger partial charge in [-0.2, -0.15) is 4.98 Å². The molecule has 0 bridgehead atoms. The van der Waals surface area contributed by atoms with Gasteiger partial charge in [0.2, 0.25) is 11.9 Å². The molecule has 1 saturated heterocycles. The van der Waals surface area contributed by atoms with E-state index in [9.17, 15) is 14.7 Å². The highest BCUT2D eigenvalue weighted by Gasteiger charge is 2.33. The van der Waals surface area contributed by atoms with Gasteiger partial charge in [0.1, 0.15) is 5.82 Å². The number of carboxylic acid groups (broad SMARTS) is 1. The van der Waals surface area contributed by atoms with E-state index in [0.29, 0.717) is 13.1 Å². The van der Waals surface area contributed by atoms with Crippen LogP contribution in [0.15, 0.2) is 24.3 Å². The number of likely N-dealkylation sites (N-methyl/N-ethyl adjacent to an activating group) is 1. The Hall–Kier alpha value is -3.40. The molecule has 1 atom stereocenters. The Balaban J connectivity index is 1.32. The molecule has 1 unspecified atom stereocenters. The molecule has 0 spiro atoms. The van der Waals surface area contributed by atoms with Crippen molar-refractivity contribution >= 4 is 23.8 Å². The molecular formula is C29H41N7O3. The van der Waals surface area contributed by atoms with Crippen molar-refractivity contribution in [3.63, 3.8) is 0 Å². The van der Waals surface area contributed by atoms with Crippen molar-refractivity contribution in [1.82, 2.24) is 24.7 Å². The van der Waals surface area contributed by atoms with Crippen LogP contribution in [-0.4, -0.2) is 94.6 Å². The van der Waals surface area contributed by atoms with Crippen molar-refractivity contribution in [1.29, 1.82) is 0 Å². The lowest BCUT2D eigenvalue weighted by atomic mass is 9.82. The summed E-state index contributed by atoms with van der Waals surface area (Å²) >= 11 is 0. The van der Waals surface area contributed by atoms with Gasteiger partial charge in [0.05, 0.1) is 5.69 Å². The molecule has 3 N–H and O–H groups in total. The molecule has 3 heterocycles. The molecule has 1 aromatic carbocycles. The van der Waals surface area contributed by atoms with Crippen LogP contribution in [0.3, 0.4) is 0 Å². The van der Waals surface area contributed by atoms with Gasteiger partial charge < -0.3 is 30.4 Å². The van der Waals surface area contributed by atoms with E-state index in [1.807, 2.05) is 11.0 Å². The van der Waals surface area contributed by atoms with E-state index in [0.717, 1.165) is 80.9 Å². The Morgan fingerprint density at radius 3 is 2.51 bits per heavy atom. The van der Waals surface area contributed by atoms with E-state index >= 15 is 0 Å². The Kier molecular flexibility index (Phi) is 8.20. The molecular weight excluding hydrogens is 494 g/mol. The zero-order chi connectivity index (χ0) is 27.5. The summed E-state index contributed by atoms with van der Waals surface area (Å²) in [4.78, 5) is 42.1. The number of rotatable bonds is 6. The van der Waals surface area contributed by atoms with Crippen LogP contribution in [0.2, 0.25) is 0 Å². The van der Waals surface area contributed by atoms with Gasteiger partial charge in [0.25, 0.3) is 0 Å². The van der Waals surface area contributed by atoms with Crippen LogP contribution in [0.1, 0.15) is 49.7 Å². The second-order valence-corrected chi connectivity index (χ2v) is 11.4.